The van der Waals surface area contributed by atoms with Crippen molar-refractivity contribution in [3.8, 4) is 5.75 Å². The van der Waals surface area contributed by atoms with Crippen LogP contribution in [0.2, 0.25) is 0 Å². The van der Waals surface area contributed by atoms with Crippen molar-refractivity contribution in [1.82, 2.24) is 19.6 Å². The van der Waals surface area contributed by atoms with Gasteiger partial charge in [0.1, 0.15) is 29.3 Å². The van der Waals surface area contributed by atoms with E-state index in [9.17, 15) is 9.59 Å². The Balaban J connectivity index is 1.44. The number of hydrogen-bond donors (Lipinski definition) is 1. The van der Waals surface area contributed by atoms with Gasteiger partial charge in [-0.15, -0.1) is 0 Å². The number of amides is 2. The van der Waals surface area contributed by atoms with Gasteiger partial charge < -0.3 is 28.8 Å². The molecule has 3 aromatic rings. The van der Waals surface area contributed by atoms with E-state index in [1.165, 1.54) is 0 Å². The van der Waals surface area contributed by atoms with Gasteiger partial charge in [-0.05, 0) is 45.4 Å². The molecule has 1 atom stereocenters. The predicted molar refractivity (Wildman–Crippen MR) is 133 cm³/mol. The lowest BCUT2D eigenvalue weighted by atomic mass is 9.96. The van der Waals surface area contributed by atoms with Gasteiger partial charge in [0.05, 0.1) is 37.0 Å². The Morgan fingerprint density at radius 2 is 2.00 bits per heavy atom. The highest BCUT2D eigenvalue weighted by atomic mass is 16.6. The van der Waals surface area contributed by atoms with E-state index in [2.05, 4.69) is 5.32 Å². The van der Waals surface area contributed by atoms with Crippen LogP contribution in [0, 0.1) is 6.92 Å². The average Bonchev–Trinajstić information content (AvgIpc) is 3.40. The van der Waals surface area contributed by atoms with E-state index in [0.29, 0.717) is 44.0 Å². The van der Waals surface area contributed by atoms with Crippen molar-refractivity contribution < 1.29 is 23.8 Å². The molecule has 0 radical (unpaired) electrons. The molecule has 1 unspecified atom stereocenters. The zero-order valence-electron chi connectivity index (χ0n) is 21.2. The second kappa shape index (κ2) is 9.13. The molecule has 1 N–H and O–H groups in total. The minimum Gasteiger partial charge on any atom is -0.491 e. The van der Waals surface area contributed by atoms with Crippen molar-refractivity contribution >= 4 is 17.5 Å². The smallest absolute Gasteiger partial charge is 0.410 e. The van der Waals surface area contributed by atoms with E-state index in [0.717, 1.165) is 22.5 Å². The quantitative estimate of drug-likeness (QED) is 0.598. The zero-order valence-corrected chi connectivity index (χ0v) is 21.2. The maximum atomic E-state index is 13.7. The van der Waals surface area contributed by atoms with Crippen LogP contribution in [0.25, 0.3) is 5.52 Å². The number of nitrogens with one attached hydrogen (secondary N) is 1. The molecule has 0 aliphatic carbocycles. The SMILES string of the molecule is Cc1cccn2c(C3(NC(=O)c4cccc5c4OCCN(C(=O)OC(C)(C)C)C5)CCOC3)ncc12. The van der Waals surface area contributed by atoms with Crippen LogP contribution in [0.4, 0.5) is 4.79 Å². The maximum absolute atomic E-state index is 13.7. The highest BCUT2D eigenvalue weighted by Crippen LogP contribution is 2.33. The van der Waals surface area contributed by atoms with Gasteiger partial charge in [0.2, 0.25) is 0 Å². The Morgan fingerprint density at radius 3 is 2.75 bits per heavy atom. The molecule has 5 rings (SSSR count). The number of nitrogens with zero attached hydrogens (tertiary/aromatic N) is 3. The molecule has 0 bridgehead atoms. The predicted octanol–water partition coefficient (Wildman–Crippen LogP) is 3.82. The summed E-state index contributed by atoms with van der Waals surface area (Å²) in [5.41, 5.74) is 1.90. The molecule has 1 fully saturated rings. The van der Waals surface area contributed by atoms with E-state index >= 15 is 0 Å². The molecule has 0 spiro atoms. The second-order valence-electron chi connectivity index (χ2n) is 10.4. The van der Waals surface area contributed by atoms with Crippen molar-refractivity contribution in [3.05, 3.63) is 65.2 Å². The number of imidazole rings is 1. The molecule has 1 aromatic carbocycles. The fraction of sp³-hybridized carbons (Fsp3) is 0.444. The van der Waals surface area contributed by atoms with Gasteiger partial charge in [0.15, 0.2) is 0 Å². The summed E-state index contributed by atoms with van der Waals surface area (Å²) in [6.07, 6.45) is 3.99. The standard InChI is InChI=1S/C27H32N4O5/c1-18-7-6-11-31-21(18)15-28-24(31)27(10-13-34-17-27)29-23(32)20-9-5-8-19-16-30(12-14-35-22(19)20)25(33)36-26(2,3)4/h5-9,11,15H,10,12-14,16-17H2,1-4H3,(H,29,32). The van der Waals surface area contributed by atoms with Gasteiger partial charge in [-0.3, -0.25) is 4.79 Å². The largest absolute Gasteiger partial charge is 0.491 e. The summed E-state index contributed by atoms with van der Waals surface area (Å²) in [6, 6.07) is 9.43. The number of carbonyl (C=O) groups is 2. The molecule has 2 aromatic heterocycles. The highest BCUT2D eigenvalue weighted by molar-refractivity contribution is 5.98. The first kappa shape index (κ1) is 24.1. The molecule has 36 heavy (non-hydrogen) atoms. The Labute approximate surface area is 210 Å². The number of rotatable bonds is 3. The van der Waals surface area contributed by atoms with E-state index in [1.807, 2.05) is 68.8 Å². The third-order valence-electron chi connectivity index (χ3n) is 6.55. The van der Waals surface area contributed by atoms with Gasteiger partial charge in [0.25, 0.3) is 5.91 Å². The van der Waals surface area contributed by atoms with Gasteiger partial charge in [0, 0.05) is 24.8 Å². The summed E-state index contributed by atoms with van der Waals surface area (Å²) < 4.78 is 19.3. The molecule has 9 heteroatoms. The van der Waals surface area contributed by atoms with Crippen molar-refractivity contribution in [2.75, 3.05) is 26.4 Å². The third-order valence-corrected chi connectivity index (χ3v) is 6.55. The van der Waals surface area contributed by atoms with E-state index in [1.54, 1.807) is 11.0 Å². The lowest BCUT2D eigenvalue weighted by molar-refractivity contribution is 0.0225. The van der Waals surface area contributed by atoms with Gasteiger partial charge in [-0.25, -0.2) is 9.78 Å². The van der Waals surface area contributed by atoms with Crippen molar-refractivity contribution in [2.24, 2.45) is 0 Å². The zero-order chi connectivity index (χ0) is 25.5. The summed E-state index contributed by atoms with van der Waals surface area (Å²) >= 11 is 0. The molecule has 2 amide bonds. The molecule has 190 valence electrons. The fourth-order valence-corrected chi connectivity index (χ4v) is 4.78. The van der Waals surface area contributed by atoms with Gasteiger partial charge in [-0.2, -0.15) is 0 Å². The van der Waals surface area contributed by atoms with Crippen LogP contribution >= 0.6 is 0 Å². The number of ether oxygens (including phenoxy) is 3. The van der Waals surface area contributed by atoms with Crippen LogP contribution in [0.3, 0.4) is 0 Å². The Hall–Kier alpha value is -3.59. The first-order chi connectivity index (χ1) is 17.2. The average molecular weight is 493 g/mol. The number of benzene rings is 1. The van der Waals surface area contributed by atoms with Crippen molar-refractivity contribution in [3.63, 3.8) is 0 Å². The summed E-state index contributed by atoms with van der Waals surface area (Å²) in [5.74, 6) is 0.956. The first-order valence-electron chi connectivity index (χ1n) is 12.2. The molecule has 2 aliphatic rings. The first-order valence-corrected chi connectivity index (χ1v) is 12.2. The highest BCUT2D eigenvalue weighted by Gasteiger charge is 2.42. The lowest BCUT2D eigenvalue weighted by Gasteiger charge is -2.28. The summed E-state index contributed by atoms with van der Waals surface area (Å²) in [5, 5.41) is 3.23. The van der Waals surface area contributed by atoms with Crippen LogP contribution in [-0.4, -0.2) is 58.3 Å². The normalized spacial score (nSPS) is 19.9. The second-order valence-corrected chi connectivity index (χ2v) is 10.4. The third kappa shape index (κ3) is 4.51. The number of aryl methyl sites for hydroxylation is 1. The van der Waals surface area contributed by atoms with Gasteiger partial charge in [-0.1, -0.05) is 18.2 Å². The minimum absolute atomic E-state index is 0.259. The molecular weight excluding hydrogens is 460 g/mol. The Morgan fingerprint density at radius 1 is 1.17 bits per heavy atom. The van der Waals surface area contributed by atoms with E-state index < -0.39 is 17.2 Å². The number of aromatic nitrogens is 2. The number of para-hydroxylation sites is 1. The summed E-state index contributed by atoms with van der Waals surface area (Å²) in [6.45, 7) is 9.31. The van der Waals surface area contributed by atoms with Crippen molar-refractivity contribution in [2.45, 2.75) is 51.8 Å². The minimum atomic E-state index is -0.771. The number of hydrogen-bond acceptors (Lipinski definition) is 6. The molecule has 1 saturated heterocycles. The molecule has 4 heterocycles. The number of fused-ring (bicyclic) bond motifs is 2. The summed E-state index contributed by atoms with van der Waals surface area (Å²) in [4.78, 5) is 32.7. The van der Waals surface area contributed by atoms with Gasteiger partial charge >= 0.3 is 6.09 Å². The lowest BCUT2D eigenvalue weighted by Crippen LogP contribution is -2.48. The molecule has 2 aliphatic heterocycles. The fourth-order valence-electron chi connectivity index (χ4n) is 4.78. The molecular formula is C27H32N4O5. The Bertz CT molecular complexity index is 1300. The number of pyridine rings is 1. The van der Waals surface area contributed by atoms with Crippen LogP contribution in [0.15, 0.2) is 42.7 Å². The van der Waals surface area contributed by atoms with E-state index in [4.69, 9.17) is 19.2 Å². The summed E-state index contributed by atoms with van der Waals surface area (Å²) in [7, 11) is 0. The molecule has 0 saturated carbocycles. The number of carbonyl (C=O) groups excluding carboxylic acids is 2. The Kier molecular flexibility index (Phi) is 6.12. The van der Waals surface area contributed by atoms with Crippen LogP contribution in [-0.2, 0) is 21.6 Å². The van der Waals surface area contributed by atoms with Crippen molar-refractivity contribution in [1.29, 1.82) is 0 Å². The van der Waals surface area contributed by atoms with Crippen LogP contribution < -0.4 is 10.1 Å². The van der Waals surface area contributed by atoms with E-state index in [-0.39, 0.29) is 12.5 Å². The monoisotopic (exact) mass is 492 g/mol. The van der Waals surface area contributed by atoms with Crippen LogP contribution in [0.5, 0.6) is 5.75 Å². The van der Waals surface area contributed by atoms with Crippen LogP contribution in [0.1, 0.15) is 54.5 Å². The molecule has 9 nitrogen and oxygen atoms in total. The topological polar surface area (TPSA) is 94.4 Å². The maximum Gasteiger partial charge on any atom is 0.410 e.